The maximum absolute atomic E-state index is 12.3. The summed E-state index contributed by atoms with van der Waals surface area (Å²) in [4.78, 5) is 14.0. The molecule has 0 spiro atoms. The molecule has 0 saturated heterocycles. The zero-order valence-electron chi connectivity index (χ0n) is 12.4. The smallest absolute Gasteiger partial charge is 0.264 e. The van der Waals surface area contributed by atoms with Crippen molar-refractivity contribution in [2.45, 2.75) is 13.8 Å². The number of benzene rings is 2. The Labute approximate surface area is 125 Å². The quantitative estimate of drug-likeness (QED) is 0.859. The van der Waals surface area contributed by atoms with Gasteiger partial charge in [0.1, 0.15) is 5.75 Å². The van der Waals surface area contributed by atoms with Crippen molar-refractivity contribution in [1.82, 2.24) is 0 Å². The van der Waals surface area contributed by atoms with E-state index in [1.807, 2.05) is 38.1 Å². The fourth-order valence-corrected chi connectivity index (χ4v) is 2.05. The summed E-state index contributed by atoms with van der Waals surface area (Å²) >= 11 is 0. The van der Waals surface area contributed by atoms with E-state index < -0.39 is 0 Å². The lowest BCUT2D eigenvalue weighted by Crippen LogP contribution is -2.34. The Bertz CT molecular complexity index is 608. The lowest BCUT2D eigenvalue weighted by atomic mass is 10.2. The fourth-order valence-electron chi connectivity index (χ4n) is 2.05. The van der Waals surface area contributed by atoms with Gasteiger partial charge in [0.15, 0.2) is 6.61 Å². The predicted octanol–water partition coefficient (Wildman–Crippen LogP) is 3.01. The number of aryl methyl sites for hydroxylation is 1. The molecule has 0 aliphatic heterocycles. The van der Waals surface area contributed by atoms with Crippen LogP contribution < -0.4 is 15.4 Å². The first-order chi connectivity index (χ1) is 10.1. The number of hydrogen-bond acceptors (Lipinski definition) is 3. The van der Waals surface area contributed by atoms with E-state index in [0.29, 0.717) is 18.0 Å². The molecule has 0 aliphatic rings. The molecule has 2 N–H and O–H groups in total. The molecule has 0 atom stereocenters. The van der Waals surface area contributed by atoms with Crippen molar-refractivity contribution < 1.29 is 9.53 Å². The Morgan fingerprint density at radius 1 is 1.19 bits per heavy atom. The van der Waals surface area contributed by atoms with Crippen LogP contribution in [0.5, 0.6) is 5.75 Å². The Kier molecular flexibility index (Phi) is 4.82. The Hall–Kier alpha value is -2.49. The molecule has 2 aromatic rings. The van der Waals surface area contributed by atoms with Gasteiger partial charge < -0.3 is 15.4 Å². The molecule has 0 bridgehead atoms. The normalized spacial score (nSPS) is 10.2. The third-order valence-electron chi connectivity index (χ3n) is 3.18. The fraction of sp³-hybridized carbons (Fsp3) is 0.235. The summed E-state index contributed by atoms with van der Waals surface area (Å²) in [6.07, 6.45) is 0. The number of nitrogen functional groups attached to an aromatic ring is 1. The van der Waals surface area contributed by atoms with Gasteiger partial charge in [-0.3, -0.25) is 4.79 Å². The van der Waals surface area contributed by atoms with Crippen molar-refractivity contribution in [3.8, 4) is 5.75 Å². The maximum Gasteiger partial charge on any atom is 0.264 e. The number of ether oxygens (including phenoxy) is 1. The third kappa shape index (κ3) is 3.99. The third-order valence-corrected chi connectivity index (χ3v) is 3.18. The van der Waals surface area contributed by atoms with Crippen LogP contribution >= 0.6 is 0 Å². The zero-order valence-corrected chi connectivity index (χ0v) is 12.4. The minimum atomic E-state index is -0.0798. The molecule has 0 saturated carbocycles. The number of carbonyl (C=O) groups is 1. The summed E-state index contributed by atoms with van der Waals surface area (Å²) in [5, 5.41) is 0. The van der Waals surface area contributed by atoms with E-state index in [2.05, 4.69) is 0 Å². The lowest BCUT2D eigenvalue weighted by Gasteiger charge is -2.21. The molecular weight excluding hydrogens is 264 g/mol. The number of nitrogens with zero attached hydrogens (tertiary/aromatic N) is 1. The van der Waals surface area contributed by atoms with E-state index in [-0.39, 0.29) is 12.5 Å². The van der Waals surface area contributed by atoms with Crippen LogP contribution in [0.25, 0.3) is 0 Å². The highest BCUT2D eigenvalue weighted by Gasteiger charge is 2.14. The average molecular weight is 284 g/mol. The average Bonchev–Trinajstić information content (AvgIpc) is 2.48. The first-order valence-electron chi connectivity index (χ1n) is 6.95. The molecule has 0 radical (unpaired) electrons. The minimum Gasteiger partial charge on any atom is -0.484 e. The number of nitrogens with two attached hydrogens (primary N) is 1. The van der Waals surface area contributed by atoms with E-state index in [9.17, 15) is 4.79 Å². The van der Waals surface area contributed by atoms with Crippen molar-refractivity contribution in [2.24, 2.45) is 0 Å². The number of carbonyl (C=O) groups excluding carboxylic acids is 1. The van der Waals surface area contributed by atoms with Crippen LogP contribution in [0.2, 0.25) is 0 Å². The molecule has 110 valence electrons. The van der Waals surface area contributed by atoms with Crippen LogP contribution in [0, 0.1) is 6.92 Å². The van der Waals surface area contributed by atoms with E-state index in [1.54, 1.807) is 29.2 Å². The van der Waals surface area contributed by atoms with Gasteiger partial charge in [0.05, 0.1) is 0 Å². The molecule has 2 aromatic carbocycles. The van der Waals surface area contributed by atoms with E-state index in [0.717, 1.165) is 5.69 Å². The van der Waals surface area contributed by atoms with Gasteiger partial charge in [-0.15, -0.1) is 0 Å². The molecule has 4 heteroatoms. The molecule has 0 fully saturated rings. The number of amides is 1. The van der Waals surface area contributed by atoms with Crippen molar-refractivity contribution in [3.05, 3.63) is 54.1 Å². The standard InChI is InChI=1S/C17H20N2O2/c1-3-19(15-9-7-13(2)8-10-15)17(20)12-21-16-6-4-5-14(18)11-16/h4-11H,3,12,18H2,1-2H3. The van der Waals surface area contributed by atoms with Gasteiger partial charge in [0, 0.05) is 24.0 Å². The molecule has 21 heavy (non-hydrogen) atoms. The van der Waals surface area contributed by atoms with Gasteiger partial charge in [-0.25, -0.2) is 0 Å². The van der Waals surface area contributed by atoms with Crippen LogP contribution in [0.3, 0.4) is 0 Å². The first-order valence-corrected chi connectivity index (χ1v) is 6.95. The monoisotopic (exact) mass is 284 g/mol. The second-order valence-corrected chi connectivity index (χ2v) is 4.83. The Balaban J connectivity index is 2.02. The van der Waals surface area contributed by atoms with Crippen LogP contribution in [-0.4, -0.2) is 19.1 Å². The van der Waals surface area contributed by atoms with Crippen molar-refractivity contribution >= 4 is 17.3 Å². The molecule has 0 heterocycles. The summed E-state index contributed by atoms with van der Waals surface area (Å²) in [6, 6.07) is 14.9. The van der Waals surface area contributed by atoms with Gasteiger partial charge in [0.25, 0.3) is 5.91 Å². The molecule has 0 unspecified atom stereocenters. The van der Waals surface area contributed by atoms with Gasteiger partial charge in [-0.2, -0.15) is 0 Å². The van der Waals surface area contributed by atoms with Crippen LogP contribution in [0.1, 0.15) is 12.5 Å². The molecule has 0 aliphatic carbocycles. The highest BCUT2D eigenvalue weighted by Crippen LogP contribution is 2.17. The van der Waals surface area contributed by atoms with Gasteiger partial charge in [-0.1, -0.05) is 23.8 Å². The first kappa shape index (κ1) is 14.9. The summed E-state index contributed by atoms with van der Waals surface area (Å²) in [6.45, 7) is 4.55. The van der Waals surface area contributed by atoms with Crippen molar-refractivity contribution in [1.29, 1.82) is 0 Å². The van der Waals surface area contributed by atoms with E-state index in [4.69, 9.17) is 10.5 Å². The molecular formula is C17H20N2O2. The Morgan fingerprint density at radius 2 is 1.90 bits per heavy atom. The van der Waals surface area contributed by atoms with E-state index >= 15 is 0 Å². The second kappa shape index (κ2) is 6.79. The number of hydrogen-bond donors (Lipinski definition) is 1. The van der Waals surface area contributed by atoms with Crippen molar-refractivity contribution in [2.75, 3.05) is 23.8 Å². The van der Waals surface area contributed by atoms with E-state index in [1.165, 1.54) is 5.56 Å². The number of anilines is 2. The van der Waals surface area contributed by atoms with Crippen molar-refractivity contribution in [3.63, 3.8) is 0 Å². The molecule has 4 nitrogen and oxygen atoms in total. The highest BCUT2D eigenvalue weighted by atomic mass is 16.5. The zero-order chi connectivity index (χ0) is 15.2. The summed E-state index contributed by atoms with van der Waals surface area (Å²) < 4.78 is 5.51. The van der Waals surface area contributed by atoms with Gasteiger partial charge in [-0.05, 0) is 38.1 Å². The van der Waals surface area contributed by atoms with Gasteiger partial charge in [0.2, 0.25) is 0 Å². The Morgan fingerprint density at radius 3 is 2.52 bits per heavy atom. The molecule has 1 amide bonds. The largest absolute Gasteiger partial charge is 0.484 e. The van der Waals surface area contributed by atoms with Crippen LogP contribution in [0.4, 0.5) is 11.4 Å². The SMILES string of the molecule is CCN(C(=O)COc1cccc(N)c1)c1ccc(C)cc1. The topological polar surface area (TPSA) is 55.6 Å². The van der Waals surface area contributed by atoms with Crippen LogP contribution in [-0.2, 0) is 4.79 Å². The lowest BCUT2D eigenvalue weighted by molar-refractivity contribution is -0.120. The molecule has 2 rings (SSSR count). The number of likely N-dealkylation sites (N-methyl/N-ethyl adjacent to an activating group) is 1. The summed E-state index contributed by atoms with van der Waals surface area (Å²) in [5.41, 5.74) is 8.34. The maximum atomic E-state index is 12.3. The summed E-state index contributed by atoms with van der Waals surface area (Å²) in [7, 11) is 0. The highest BCUT2D eigenvalue weighted by molar-refractivity contribution is 5.94. The van der Waals surface area contributed by atoms with Crippen LogP contribution in [0.15, 0.2) is 48.5 Å². The minimum absolute atomic E-state index is 0.00876. The summed E-state index contributed by atoms with van der Waals surface area (Å²) in [5.74, 6) is 0.520. The number of rotatable bonds is 5. The predicted molar refractivity (Wildman–Crippen MR) is 85.6 cm³/mol. The van der Waals surface area contributed by atoms with Gasteiger partial charge >= 0.3 is 0 Å². The molecule has 0 aromatic heterocycles. The second-order valence-electron chi connectivity index (χ2n) is 4.83.